The lowest BCUT2D eigenvalue weighted by Crippen LogP contribution is -2.38. The van der Waals surface area contributed by atoms with Crippen molar-refractivity contribution >= 4 is 23.3 Å². The summed E-state index contributed by atoms with van der Waals surface area (Å²) in [6.07, 6.45) is -2.52. The van der Waals surface area contributed by atoms with Gasteiger partial charge in [-0.25, -0.2) is 0 Å². The van der Waals surface area contributed by atoms with Crippen LogP contribution in [-0.2, 0) is 11.0 Å². The van der Waals surface area contributed by atoms with Gasteiger partial charge >= 0.3 is 6.18 Å². The van der Waals surface area contributed by atoms with E-state index in [9.17, 15) is 27.6 Å². The number of carbonyl (C=O) groups is 3. The van der Waals surface area contributed by atoms with Gasteiger partial charge in [0.2, 0.25) is 11.7 Å². The normalized spacial score (nSPS) is 14.3. The van der Waals surface area contributed by atoms with E-state index < -0.39 is 23.4 Å². The van der Waals surface area contributed by atoms with Crippen LogP contribution in [0.25, 0.3) is 0 Å². The van der Waals surface area contributed by atoms with Crippen LogP contribution in [-0.4, -0.2) is 42.7 Å². The van der Waals surface area contributed by atoms with Gasteiger partial charge in [0.15, 0.2) is 5.78 Å². The third-order valence-corrected chi connectivity index (χ3v) is 6.59. The maximum Gasteiger partial charge on any atom is 0.450 e. The monoisotopic (exact) mass is 528 g/mol. The van der Waals surface area contributed by atoms with E-state index in [-0.39, 0.29) is 30.4 Å². The number of Topliss-reactive ketones (excluding diaryl/α,β-unsaturated/α-hetero) is 1. The van der Waals surface area contributed by atoms with E-state index in [1.54, 1.807) is 43.5 Å². The highest BCUT2D eigenvalue weighted by molar-refractivity contribution is 6.00. The van der Waals surface area contributed by atoms with Crippen molar-refractivity contribution in [2.24, 2.45) is 0 Å². The van der Waals surface area contributed by atoms with Crippen LogP contribution in [0.4, 0.5) is 18.9 Å². The fraction of sp³-hybridized carbons (Fsp3) is 0.321. The quantitative estimate of drug-likeness (QED) is 0.366. The molecule has 0 spiro atoms. The number of nitrogens with one attached hydrogen (secondary N) is 1. The Morgan fingerprint density at radius 2 is 1.63 bits per heavy atom. The van der Waals surface area contributed by atoms with Gasteiger partial charge < -0.3 is 19.4 Å². The van der Waals surface area contributed by atoms with E-state index in [0.29, 0.717) is 42.9 Å². The maximum atomic E-state index is 13.1. The van der Waals surface area contributed by atoms with Gasteiger partial charge in [0.05, 0.1) is 18.9 Å². The fourth-order valence-electron chi connectivity index (χ4n) is 4.49. The molecule has 10 heteroatoms. The molecule has 0 aliphatic carbocycles. The minimum Gasteiger partial charge on any atom is -0.497 e. The van der Waals surface area contributed by atoms with Crippen LogP contribution in [0.15, 0.2) is 65.3 Å². The summed E-state index contributed by atoms with van der Waals surface area (Å²) in [7, 11) is 1.54. The van der Waals surface area contributed by atoms with E-state index in [1.165, 1.54) is 4.90 Å². The molecule has 38 heavy (non-hydrogen) atoms. The van der Waals surface area contributed by atoms with E-state index in [0.717, 1.165) is 17.9 Å². The molecule has 0 saturated carbocycles. The van der Waals surface area contributed by atoms with Crippen molar-refractivity contribution in [3.05, 3.63) is 83.3 Å². The van der Waals surface area contributed by atoms with Crippen molar-refractivity contribution in [2.75, 3.05) is 25.5 Å². The SMILES string of the molecule is COc1ccc(C(=O)CCC(=O)Nc2ccc(C3CCN(C(=O)c4ccoc4C(F)(F)F)CC3)cc2)cc1. The molecule has 0 atom stereocenters. The lowest BCUT2D eigenvalue weighted by Gasteiger charge is -2.32. The minimum atomic E-state index is -4.73. The van der Waals surface area contributed by atoms with Crippen LogP contribution in [0, 0.1) is 0 Å². The molecular formula is C28H27F3N2O5. The highest BCUT2D eigenvalue weighted by Gasteiger charge is 2.40. The summed E-state index contributed by atoms with van der Waals surface area (Å²) in [6.45, 7) is 0.652. The van der Waals surface area contributed by atoms with Crippen molar-refractivity contribution < 1.29 is 36.7 Å². The summed E-state index contributed by atoms with van der Waals surface area (Å²) in [5.74, 6) is -1.58. The predicted octanol–water partition coefficient (Wildman–Crippen LogP) is 5.93. The number of nitrogens with zero attached hydrogens (tertiary/aromatic N) is 1. The Bertz CT molecular complexity index is 1280. The average molecular weight is 529 g/mol. The van der Waals surface area contributed by atoms with Crippen molar-refractivity contribution in [3.63, 3.8) is 0 Å². The van der Waals surface area contributed by atoms with Gasteiger partial charge in [-0.1, -0.05) is 12.1 Å². The van der Waals surface area contributed by atoms with Crippen LogP contribution < -0.4 is 10.1 Å². The molecule has 0 unspecified atom stereocenters. The maximum absolute atomic E-state index is 13.1. The first-order chi connectivity index (χ1) is 18.2. The Morgan fingerprint density at radius 1 is 0.974 bits per heavy atom. The number of alkyl halides is 3. The molecule has 2 heterocycles. The second-order valence-corrected chi connectivity index (χ2v) is 9.05. The number of carbonyl (C=O) groups excluding carboxylic acids is 3. The standard InChI is InChI=1S/C28H27F3N2O5/c1-37-22-8-4-20(5-9-22)24(34)10-11-25(35)32-21-6-2-18(3-7-21)19-12-15-33(16-13-19)27(36)23-14-17-38-26(23)28(29,30)31/h2-9,14,17,19H,10-13,15-16H2,1H3,(H,32,35). The Balaban J connectivity index is 1.25. The number of likely N-dealkylation sites (tertiary alicyclic amines) is 1. The van der Waals surface area contributed by atoms with Crippen molar-refractivity contribution in [1.29, 1.82) is 0 Å². The number of benzene rings is 2. The third kappa shape index (κ3) is 6.42. The van der Waals surface area contributed by atoms with Crippen molar-refractivity contribution in [1.82, 2.24) is 4.90 Å². The van der Waals surface area contributed by atoms with Gasteiger partial charge in [0, 0.05) is 37.2 Å². The molecule has 1 aliphatic heterocycles. The molecule has 3 aromatic rings. The largest absolute Gasteiger partial charge is 0.497 e. The summed E-state index contributed by atoms with van der Waals surface area (Å²) in [6, 6.07) is 15.1. The van der Waals surface area contributed by atoms with Gasteiger partial charge in [-0.3, -0.25) is 14.4 Å². The average Bonchev–Trinajstić information content (AvgIpc) is 3.43. The number of amides is 2. The molecule has 7 nitrogen and oxygen atoms in total. The minimum absolute atomic E-state index is 0.0474. The van der Waals surface area contributed by atoms with E-state index in [4.69, 9.17) is 4.74 Å². The molecule has 1 fully saturated rings. The van der Waals surface area contributed by atoms with Crippen molar-refractivity contribution in [3.8, 4) is 5.75 Å². The number of hydrogen-bond acceptors (Lipinski definition) is 5. The number of methoxy groups -OCH3 is 1. The number of halogens is 3. The lowest BCUT2D eigenvalue weighted by molar-refractivity contribution is -0.153. The van der Waals surface area contributed by atoms with Crippen LogP contribution >= 0.6 is 0 Å². The summed E-state index contributed by atoms with van der Waals surface area (Å²) >= 11 is 0. The van der Waals surface area contributed by atoms with Gasteiger partial charge in [-0.15, -0.1) is 0 Å². The number of ether oxygens (including phenoxy) is 1. The molecule has 2 amide bonds. The molecule has 1 N–H and O–H groups in total. The zero-order valence-corrected chi connectivity index (χ0v) is 20.7. The van der Waals surface area contributed by atoms with Gasteiger partial charge in [0.25, 0.3) is 5.91 Å². The zero-order chi connectivity index (χ0) is 27.3. The molecule has 1 aromatic heterocycles. The summed E-state index contributed by atoms with van der Waals surface area (Å²) < 4.78 is 48.8. The second kappa shape index (κ2) is 11.5. The molecule has 2 aromatic carbocycles. The Morgan fingerprint density at radius 3 is 2.24 bits per heavy atom. The summed E-state index contributed by atoms with van der Waals surface area (Å²) in [4.78, 5) is 38.7. The second-order valence-electron chi connectivity index (χ2n) is 9.05. The summed E-state index contributed by atoms with van der Waals surface area (Å²) in [5.41, 5.74) is 1.66. The first-order valence-corrected chi connectivity index (χ1v) is 12.2. The number of anilines is 1. The Labute approximate surface area is 217 Å². The Kier molecular flexibility index (Phi) is 8.19. The third-order valence-electron chi connectivity index (χ3n) is 6.59. The van der Waals surface area contributed by atoms with E-state index >= 15 is 0 Å². The van der Waals surface area contributed by atoms with Gasteiger partial charge in [-0.2, -0.15) is 13.2 Å². The molecule has 0 radical (unpaired) electrons. The molecule has 4 rings (SSSR count). The Hall–Kier alpha value is -4.08. The zero-order valence-electron chi connectivity index (χ0n) is 20.7. The predicted molar refractivity (Wildman–Crippen MR) is 133 cm³/mol. The first kappa shape index (κ1) is 27.0. The smallest absolute Gasteiger partial charge is 0.450 e. The molecular weight excluding hydrogens is 501 g/mol. The highest BCUT2D eigenvalue weighted by Crippen LogP contribution is 2.35. The molecule has 200 valence electrons. The van der Waals surface area contributed by atoms with E-state index in [2.05, 4.69) is 9.73 Å². The molecule has 0 bridgehead atoms. The summed E-state index contributed by atoms with van der Waals surface area (Å²) in [5, 5.41) is 2.79. The topological polar surface area (TPSA) is 88.9 Å². The van der Waals surface area contributed by atoms with Crippen LogP contribution in [0.2, 0.25) is 0 Å². The molecule has 1 aliphatic rings. The number of rotatable bonds is 8. The van der Waals surface area contributed by atoms with Crippen molar-refractivity contribution in [2.45, 2.75) is 37.8 Å². The molecule has 1 saturated heterocycles. The number of furan rings is 1. The number of piperidine rings is 1. The first-order valence-electron chi connectivity index (χ1n) is 12.2. The van der Waals surface area contributed by atoms with E-state index in [1.807, 2.05) is 12.1 Å². The van der Waals surface area contributed by atoms with Crippen LogP contribution in [0.5, 0.6) is 5.75 Å². The van der Waals surface area contributed by atoms with Crippen LogP contribution in [0.1, 0.15) is 63.6 Å². The van der Waals surface area contributed by atoms with Crippen LogP contribution in [0.3, 0.4) is 0 Å². The fourth-order valence-corrected chi connectivity index (χ4v) is 4.49. The number of ketones is 1. The van der Waals surface area contributed by atoms with Gasteiger partial charge in [-0.05, 0) is 66.8 Å². The highest BCUT2D eigenvalue weighted by atomic mass is 19.4. The van der Waals surface area contributed by atoms with Gasteiger partial charge in [0.1, 0.15) is 5.75 Å². The number of hydrogen-bond donors (Lipinski definition) is 1. The lowest BCUT2D eigenvalue weighted by atomic mass is 9.89.